The lowest BCUT2D eigenvalue weighted by molar-refractivity contribution is 0.0949. The summed E-state index contributed by atoms with van der Waals surface area (Å²) in [6.45, 7) is 9.33. The van der Waals surface area contributed by atoms with E-state index in [1.165, 1.54) is 0 Å². The number of rotatable bonds is 13. The number of likely N-dealkylation sites (N-methyl/N-ethyl adjacent to an activating group) is 1. The molecule has 204 valence electrons. The van der Waals surface area contributed by atoms with Crippen molar-refractivity contribution in [2.45, 2.75) is 27.4 Å². The van der Waals surface area contributed by atoms with Gasteiger partial charge < -0.3 is 30.1 Å². The van der Waals surface area contributed by atoms with Crippen molar-refractivity contribution >= 4 is 29.0 Å². The molecule has 4 aromatic rings. The molecule has 3 N–H and O–H groups in total. The molecule has 0 saturated carbocycles. The van der Waals surface area contributed by atoms with Gasteiger partial charge in [0, 0.05) is 30.0 Å². The number of hydrogen-bond acceptors (Lipinski definition) is 10. The molecule has 0 aliphatic carbocycles. The highest BCUT2D eigenvalue weighted by atomic mass is 19.1. The highest BCUT2D eigenvalue weighted by molar-refractivity contribution is 5.94. The molecule has 0 radical (unpaired) electrons. The Balaban J connectivity index is 1.31. The quantitative estimate of drug-likeness (QED) is 0.226. The Bertz CT molecular complexity index is 1360. The van der Waals surface area contributed by atoms with E-state index in [-0.39, 0.29) is 24.3 Å². The number of benzene rings is 2. The van der Waals surface area contributed by atoms with E-state index in [4.69, 9.17) is 9.26 Å². The second-order valence-corrected chi connectivity index (χ2v) is 8.55. The summed E-state index contributed by atoms with van der Waals surface area (Å²) in [5, 5.41) is 12.6. The number of nitrogens with one attached hydrogen (secondary N) is 3. The first-order valence-corrected chi connectivity index (χ1v) is 12.6. The number of carbonyl (C=O) groups excluding carboxylic acids is 1. The number of anilines is 4. The van der Waals surface area contributed by atoms with Crippen LogP contribution in [0, 0.1) is 12.7 Å². The van der Waals surface area contributed by atoms with Gasteiger partial charge in [0.15, 0.2) is 24.1 Å². The van der Waals surface area contributed by atoms with E-state index < -0.39 is 5.82 Å². The second kappa shape index (κ2) is 13.3. The summed E-state index contributed by atoms with van der Waals surface area (Å²) < 4.78 is 25.1. The van der Waals surface area contributed by atoms with Crippen LogP contribution in [0.4, 0.5) is 27.5 Å². The van der Waals surface area contributed by atoms with Crippen molar-refractivity contribution < 1.29 is 18.4 Å². The number of halogens is 1. The van der Waals surface area contributed by atoms with Gasteiger partial charge in [-0.3, -0.25) is 4.79 Å². The van der Waals surface area contributed by atoms with Crippen LogP contribution in [-0.2, 0) is 6.61 Å². The second-order valence-electron chi connectivity index (χ2n) is 8.55. The lowest BCUT2D eigenvalue weighted by atomic mass is 10.2. The Kier molecular flexibility index (Phi) is 9.35. The smallest absolute Gasteiger partial charge is 0.264 e. The molecule has 2 aromatic heterocycles. The van der Waals surface area contributed by atoms with Crippen LogP contribution in [0.1, 0.15) is 35.9 Å². The normalized spacial score (nSPS) is 10.9. The number of ether oxygens (including phenoxy) is 1. The van der Waals surface area contributed by atoms with Crippen LogP contribution < -0.4 is 20.7 Å². The molecule has 11 nitrogen and oxygen atoms in total. The zero-order valence-electron chi connectivity index (χ0n) is 22.1. The van der Waals surface area contributed by atoms with Gasteiger partial charge >= 0.3 is 0 Å². The Morgan fingerprint density at radius 3 is 2.36 bits per heavy atom. The van der Waals surface area contributed by atoms with E-state index in [1.807, 2.05) is 0 Å². The molecule has 0 bridgehead atoms. The fraction of sp³-hybridized carbons (Fsp3) is 0.296. The van der Waals surface area contributed by atoms with Gasteiger partial charge in [-0.1, -0.05) is 19.0 Å². The molecular weight excluding hydrogens is 503 g/mol. The summed E-state index contributed by atoms with van der Waals surface area (Å²) in [6.07, 6.45) is 1.08. The molecule has 0 aliphatic heterocycles. The first kappa shape index (κ1) is 27.5. The SMILES string of the molecule is CCN(CC)CCNC(=O)c1ccc(Nc2ncc(F)c(Nc3ccc(OCc4nc(C)no4)cc3)n2)cc1. The van der Waals surface area contributed by atoms with Crippen molar-refractivity contribution in [1.29, 1.82) is 0 Å². The molecule has 4 rings (SSSR count). The van der Waals surface area contributed by atoms with Crippen molar-refractivity contribution in [3.63, 3.8) is 0 Å². The minimum Gasteiger partial charge on any atom is -0.484 e. The molecule has 0 aliphatic rings. The topological polar surface area (TPSA) is 130 Å². The summed E-state index contributed by atoms with van der Waals surface area (Å²) in [4.78, 5) is 27.0. The predicted octanol–water partition coefficient (Wildman–Crippen LogP) is 4.44. The largest absolute Gasteiger partial charge is 0.484 e. The maximum atomic E-state index is 14.4. The van der Waals surface area contributed by atoms with E-state index >= 15 is 0 Å². The maximum Gasteiger partial charge on any atom is 0.264 e. The molecule has 0 atom stereocenters. The number of hydrogen-bond donors (Lipinski definition) is 3. The van der Waals surface area contributed by atoms with Crippen LogP contribution in [-0.4, -0.2) is 57.1 Å². The lowest BCUT2D eigenvalue weighted by Gasteiger charge is -2.18. The molecule has 39 heavy (non-hydrogen) atoms. The Labute approximate surface area is 225 Å². The fourth-order valence-corrected chi connectivity index (χ4v) is 3.63. The molecule has 0 saturated heterocycles. The summed E-state index contributed by atoms with van der Waals surface area (Å²) in [5.74, 6) is 0.959. The first-order valence-electron chi connectivity index (χ1n) is 12.6. The van der Waals surface area contributed by atoms with Crippen LogP contribution in [0.2, 0.25) is 0 Å². The molecular formula is C27H31FN8O3. The van der Waals surface area contributed by atoms with Gasteiger partial charge in [-0.15, -0.1) is 0 Å². The van der Waals surface area contributed by atoms with Crippen molar-refractivity contribution in [1.82, 2.24) is 30.3 Å². The van der Waals surface area contributed by atoms with E-state index in [0.717, 1.165) is 25.8 Å². The Morgan fingerprint density at radius 2 is 1.69 bits per heavy atom. The van der Waals surface area contributed by atoms with E-state index in [9.17, 15) is 9.18 Å². The zero-order valence-corrected chi connectivity index (χ0v) is 22.1. The van der Waals surface area contributed by atoms with Crippen molar-refractivity contribution in [3.05, 3.63) is 77.8 Å². The third-order valence-corrected chi connectivity index (χ3v) is 5.80. The molecule has 1 amide bonds. The Morgan fingerprint density at radius 1 is 1.00 bits per heavy atom. The minimum absolute atomic E-state index is 0.00621. The number of nitrogens with zero attached hydrogens (tertiary/aromatic N) is 5. The maximum absolute atomic E-state index is 14.4. The summed E-state index contributed by atoms with van der Waals surface area (Å²) in [7, 11) is 0. The third kappa shape index (κ3) is 7.95. The van der Waals surface area contributed by atoms with Crippen LogP contribution in [0.15, 0.2) is 59.3 Å². The van der Waals surface area contributed by atoms with Crippen LogP contribution >= 0.6 is 0 Å². The molecule has 0 spiro atoms. The van der Waals surface area contributed by atoms with Gasteiger partial charge in [0.25, 0.3) is 11.8 Å². The monoisotopic (exact) mass is 534 g/mol. The van der Waals surface area contributed by atoms with Crippen molar-refractivity contribution in [2.75, 3.05) is 36.8 Å². The van der Waals surface area contributed by atoms with Crippen molar-refractivity contribution in [3.8, 4) is 5.75 Å². The number of carbonyl (C=O) groups is 1. The van der Waals surface area contributed by atoms with E-state index in [2.05, 4.69) is 54.8 Å². The summed E-state index contributed by atoms with van der Waals surface area (Å²) >= 11 is 0. The standard InChI is InChI=1S/C27H31FN8O3/c1-4-36(5-2)15-14-29-26(37)19-6-8-21(9-7-19)33-27-30-16-23(28)25(34-27)32-20-10-12-22(13-11-20)38-17-24-31-18(3)35-39-24/h6-13,16H,4-5,14-15,17H2,1-3H3,(H,29,37)(H2,30,32,33,34). The van der Waals surface area contributed by atoms with Crippen molar-refractivity contribution in [2.24, 2.45) is 0 Å². The van der Waals surface area contributed by atoms with Gasteiger partial charge in [-0.2, -0.15) is 9.97 Å². The third-order valence-electron chi connectivity index (χ3n) is 5.80. The fourth-order valence-electron chi connectivity index (χ4n) is 3.63. The molecule has 2 heterocycles. The Hall–Kier alpha value is -4.58. The van der Waals surface area contributed by atoms with Gasteiger partial charge in [-0.25, -0.2) is 9.37 Å². The minimum atomic E-state index is -0.607. The van der Waals surface area contributed by atoms with Gasteiger partial charge in [0.1, 0.15) is 5.75 Å². The van der Waals surface area contributed by atoms with Crippen LogP contribution in [0.3, 0.4) is 0 Å². The van der Waals surface area contributed by atoms with E-state index in [0.29, 0.717) is 40.9 Å². The number of amides is 1. The average molecular weight is 535 g/mol. The van der Waals surface area contributed by atoms with Gasteiger partial charge in [-0.05, 0) is 68.5 Å². The van der Waals surface area contributed by atoms with Gasteiger partial charge in [0.05, 0.1) is 6.20 Å². The summed E-state index contributed by atoms with van der Waals surface area (Å²) in [6, 6.07) is 13.8. The molecule has 2 aromatic carbocycles. The summed E-state index contributed by atoms with van der Waals surface area (Å²) in [5.41, 5.74) is 1.81. The number of aryl methyl sites for hydroxylation is 1. The predicted molar refractivity (Wildman–Crippen MR) is 145 cm³/mol. The molecule has 0 fully saturated rings. The van der Waals surface area contributed by atoms with Gasteiger partial charge in [0.2, 0.25) is 5.95 Å². The molecule has 12 heteroatoms. The molecule has 0 unspecified atom stereocenters. The van der Waals surface area contributed by atoms with Crippen LogP contribution in [0.25, 0.3) is 0 Å². The zero-order chi connectivity index (χ0) is 27.6. The van der Waals surface area contributed by atoms with E-state index in [1.54, 1.807) is 55.5 Å². The first-order chi connectivity index (χ1) is 18.9. The highest BCUT2D eigenvalue weighted by Crippen LogP contribution is 2.23. The van der Waals surface area contributed by atoms with Crippen LogP contribution in [0.5, 0.6) is 5.75 Å². The average Bonchev–Trinajstić information content (AvgIpc) is 3.37. The highest BCUT2D eigenvalue weighted by Gasteiger charge is 2.10. The lowest BCUT2D eigenvalue weighted by Crippen LogP contribution is -2.34. The number of aromatic nitrogens is 4.